The molecule has 0 radical (unpaired) electrons. The number of nitrogens with zero attached hydrogens (tertiary/aromatic N) is 6. The number of hydrogen-bond donors (Lipinski definition) is 3. The Morgan fingerprint density at radius 1 is 1.00 bits per heavy atom. The molecule has 5 aromatic rings. The summed E-state index contributed by atoms with van der Waals surface area (Å²) >= 11 is 6.23. The third kappa shape index (κ3) is 7.76. The molecule has 0 saturated heterocycles. The fourth-order valence-corrected chi connectivity index (χ4v) is 4.77. The third-order valence-electron chi connectivity index (χ3n) is 6.84. The van der Waals surface area contributed by atoms with Crippen LogP contribution in [0.15, 0.2) is 91.3 Å². The zero-order chi connectivity index (χ0) is 32.5. The van der Waals surface area contributed by atoms with Gasteiger partial charge in [0.25, 0.3) is 5.91 Å². The molecule has 1 atom stereocenters. The SMILES string of the molecule is CNC(=O)c1nnc([C@H](Cc2ccccc2)NC(=O)/C=C/c2cc(Cl)ccc2-n2cnnn2)cc1-c1ccc(NC(=O)OC)cc1. The summed E-state index contributed by atoms with van der Waals surface area (Å²) in [5, 5.41) is 28.6. The third-order valence-corrected chi connectivity index (χ3v) is 7.07. The van der Waals surface area contributed by atoms with Crippen LogP contribution in [0.5, 0.6) is 0 Å². The molecule has 232 valence electrons. The van der Waals surface area contributed by atoms with Gasteiger partial charge in [-0.2, -0.15) is 9.78 Å². The van der Waals surface area contributed by atoms with Crippen molar-refractivity contribution in [3.05, 3.63) is 119 Å². The number of benzene rings is 3. The average molecular weight is 638 g/mol. The topological polar surface area (TPSA) is 166 Å². The summed E-state index contributed by atoms with van der Waals surface area (Å²) in [5.41, 5.74) is 4.37. The van der Waals surface area contributed by atoms with Crippen LogP contribution >= 0.6 is 11.6 Å². The van der Waals surface area contributed by atoms with E-state index in [0.29, 0.717) is 45.2 Å². The fourth-order valence-electron chi connectivity index (χ4n) is 4.59. The van der Waals surface area contributed by atoms with Gasteiger partial charge in [-0.05, 0) is 70.4 Å². The molecule has 3 aromatic carbocycles. The van der Waals surface area contributed by atoms with Crippen LogP contribution < -0.4 is 16.0 Å². The zero-order valence-electron chi connectivity index (χ0n) is 24.7. The molecule has 0 fully saturated rings. The van der Waals surface area contributed by atoms with Gasteiger partial charge in [0.05, 0.1) is 24.5 Å². The second-order valence-corrected chi connectivity index (χ2v) is 10.3. The van der Waals surface area contributed by atoms with E-state index in [1.807, 2.05) is 30.3 Å². The van der Waals surface area contributed by atoms with E-state index in [-0.39, 0.29) is 5.69 Å². The first-order valence-electron chi connectivity index (χ1n) is 13.9. The first-order chi connectivity index (χ1) is 22.3. The highest BCUT2D eigenvalue weighted by molar-refractivity contribution is 6.30. The molecule has 0 aliphatic rings. The number of halogens is 1. The minimum Gasteiger partial charge on any atom is -0.453 e. The molecule has 46 heavy (non-hydrogen) atoms. The molecule has 0 aliphatic heterocycles. The van der Waals surface area contributed by atoms with E-state index in [2.05, 4.69) is 46.4 Å². The second kappa shape index (κ2) is 14.7. The Kier molecular flexibility index (Phi) is 10.0. The highest BCUT2D eigenvalue weighted by Crippen LogP contribution is 2.28. The molecule has 13 nitrogen and oxygen atoms in total. The predicted octanol–water partition coefficient (Wildman–Crippen LogP) is 4.42. The lowest BCUT2D eigenvalue weighted by atomic mass is 9.98. The van der Waals surface area contributed by atoms with Gasteiger partial charge in [-0.15, -0.1) is 10.2 Å². The standard InChI is InChI=1S/C32H28ClN9O4/c1-34-31(44)30-25(21-8-12-24(13-9-21)36-32(45)46-2)18-27(38-39-30)26(16-20-6-4-3-5-7-20)37-29(43)15-10-22-17-23(33)11-14-28(22)42-19-35-40-41-42/h3-15,17-19,26H,16H2,1-2H3,(H,34,44)(H,36,45)(H,37,43)/b15-10+/t26-/m0/s1. The molecule has 2 heterocycles. The molecule has 3 amide bonds. The molecule has 0 bridgehead atoms. The van der Waals surface area contributed by atoms with E-state index in [1.54, 1.807) is 54.6 Å². The summed E-state index contributed by atoms with van der Waals surface area (Å²) in [5.74, 6) is -0.835. The number of amides is 3. The van der Waals surface area contributed by atoms with Gasteiger partial charge in [-0.3, -0.25) is 14.9 Å². The van der Waals surface area contributed by atoms with Gasteiger partial charge in [-0.1, -0.05) is 54.1 Å². The Labute approximate surface area is 268 Å². The number of tetrazole rings is 1. The van der Waals surface area contributed by atoms with Crippen LogP contribution in [0.25, 0.3) is 22.9 Å². The first kappa shape index (κ1) is 31.5. The number of anilines is 1. The molecule has 0 saturated carbocycles. The maximum Gasteiger partial charge on any atom is 0.411 e. The largest absolute Gasteiger partial charge is 0.453 e. The predicted molar refractivity (Wildman–Crippen MR) is 171 cm³/mol. The van der Waals surface area contributed by atoms with E-state index >= 15 is 0 Å². The molecule has 3 N–H and O–H groups in total. The van der Waals surface area contributed by atoms with Gasteiger partial charge >= 0.3 is 6.09 Å². The number of rotatable bonds is 10. The molecule has 0 unspecified atom stereocenters. The van der Waals surface area contributed by atoms with Crippen molar-refractivity contribution in [1.29, 1.82) is 0 Å². The van der Waals surface area contributed by atoms with E-state index in [0.717, 1.165) is 5.56 Å². The highest BCUT2D eigenvalue weighted by Gasteiger charge is 2.22. The Balaban J connectivity index is 1.48. The van der Waals surface area contributed by atoms with Crippen molar-refractivity contribution < 1.29 is 19.1 Å². The number of carbonyl (C=O) groups excluding carboxylic acids is 3. The van der Waals surface area contributed by atoms with Gasteiger partial charge in [-0.25, -0.2) is 4.79 Å². The Bertz CT molecular complexity index is 1870. The number of ether oxygens (including phenoxy) is 1. The lowest BCUT2D eigenvalue weighted by Crippen LogP contribution is -2.30. The van der Waals surface area contributed by atoms with Crippen LogP contribution in [-0.2, 0) is 16.0 Å². The molecular weight excluding hydrogens is 610 g/mol. The maximum atomic E-state index is 13.4. The number of carbonyl (C=O) groups is 3. The lowest BCUT2D eigenvalue weighted by molar-refractivity contribution is -0.117. The van der Waals surface area contributed by atoms with Crippen molar-refractivity contribution >= 4 is 41.3 Å². The molecule has 14 heteroatoms. The van der Waals surface area contributed by atoms with Crippen LogP contribution in [0.4, 0.5) is 10.5 Å². The van der Waals surface area contributed by atoms with Crippen molar-refractivity contribution in [3.8, 4) is 16.8 Å². The van der Waals surface area contributed by atoms with E-state index < -0.39 is 23.9 Å². The second-order valence-electron chi connectivity index (χ2n) is 9.85. The van der Waals surface area contributed by atoms with Crippen molar-refractivity contribution in [3.63, 3.8) is 0 Å². The zero-order valence-corrected chi connectivity index (χ0v) is 25.5. The molecule has 0 aliphatic carbocycles. The highest BCUT2D eigenvalue weighted by atomic mass is 35.5. The number of aromatic nitrogens is 6. The van der Waals surface area contributed by atoms with E-state index in [1.165, 1.54) is 31.2 Å². The van der Waals surface area contributed by atoms with Crippen LogP contribution in [-0.4, -0.2) is 62.5 Å². The van der Waals surface area contributed by atoms with Gasteiger partial charge < -0.3 is 15.4 Å². The van der Waals surface area contributed by atoms with Crippen LogP contribution in [0, 0.1) is 0 Å². The van der Waals surface area contributed by atoms with E-state index in [4.69, 9.17) is 11.6 Å². The molecule has 2 aromatic heterocycles. The normalized spacial score (nSPS) is 11.5. The Morgan fingerprint density at radius 3 is 2.48 bits per heavy atom. The van der Waals surface area contributed by atoms with Crippen molar-refractivity contribution in [2.45, 2.75) is 12.5 Å². The molecule has 5 rings (SSSR count). The summed E-state index contributed by atoms with van der Waals surface area (Å²) in [6, 6.07) is 22.7. The number of hydrogen-bond acceptors (Lipinski definition) is 9. The Hall–Kier alpha value is -5.95. The van der Waals surface area contributed by atoms with Gasteiger partial charge in [0, 0.05) is 35.0 Å². The minimum atomic E-state index is -0.622. The minimum absolute atomic E-state index is 0.0979. The maximum absolute atomic E-state index is 13.4. The number of nitrogens with one attached hydrogen (secondary N) is 3. The smallest absolute Gasteiger partial charge is 0.411 e. The van der Waals surface area contributed by atoms with Crippen molar-refractivity contribution in [2.24, 2.45) is 0 Å². The summed E-state index contributed by atoms with van der Waals surface area (Å²) in [4.78, 5) is 37.8. The molecular formula is C32H28ClN9O4. The lowest BCUT2D eigenvalue weighted by Gasteiger charge is -2.19. The Morgan fingerprint density at radius 2 is 1.78 bits per heavy atom. The monoisotopic (exact) mass is 637 g/mol. The first-order valence-corrected chi connectivity index (χ1v) is 14.3. The fraction of sp³-hybridized carbons (Fsp3) is 0.125. The van der Waals surface area contributed by atoms with Crippen LogP contribution in [0.1, 0.15) is 33.4 Å². The van der Waals surface area contributed by atoms with Crippen molar-refractivity contribution in [2.75, 3.05) is 19.5 Å². The van der Waals surface area contributed by atoms with E-state index in [9.17, 15) is 14.4 Å². The summed E-state index contributed by atoms with van der Waals surface area (Å²) in [6.07, 6.45) is 4.23. The summed E-state index contributed by atoms with van der Waals surface area (Å²) < 4.78 is 6.12. The van der Waals surface area contributed by atoms with Gasteiger partial charge in [0.15, 0.2) is 5.69 Å². The summed E-state index contributed by atoms with van der Waals surface area (Å²) in [7, 11) is 2.77. The van der Waals surface area contributed by atoms with Gasteiger partial charge in [0.2, 0.25) is 5.91 Å². The van der Waals surface area contributed by atoms with Crippen molar-refractivity contribution in [1.82, 2.24) is 41.0 Å². The average Bonchev–Trinajstić information content (AvgIpc) is 3.62. The summed E-state index contributed by atoms with van der Waals surface area (Å²) in [6.45, 7) is 0. The quantitative estimate of drug-likeness (QED) is 0.188. The van der Waals surface area contributed by atoms with Gasteiger partial charge in [0.1, 0.15) is 6.33 Å². The number of methoxy groups -OCH3 is 1. The van der Waals surface area contributed by atoms with Crippen LogP contribution in [0.3, 0.4) is 0 Å². The molecule has 0 spiro atoms. The van der Waals surface area contributed by atoms with Crippen LogP contribution in [0.2, 0.25) is 5.02 Å².